The van der Waals surface area contributed by atoms with Crippen molar-refractivity contribution in [2.75, 3.05) is 6.54 Å². The highest BCUT2D eigenvalue weighted by atomic mass is 16.1. The molecule has 0 aliphatic rings. The predicted molar refractivity (Wildman–Crippen MR) is 71.1 cm³/mol. The van der Waals surface area contributed by atoms with Crippen molar-refractivity contribution in [1.29, 1.82) is 0 Å². The molecule has 0 saturated carbocycles. The van der Waals surface area contributed by atoms with E-state index in [0.717, 1.165) is 13.0 Å². The van der Waals surface area contributed by atoms with Crippen LogP contribution in [-0.4, -0.2) is 17.0 Å². The number of nitrogens with zero attached hydrogens (tertiary/aromatic N) is 1. The summed E-state index contributed by atoms with van der Waals surface area (Å²) in [5, 5.41) is 2.97. The zero-order chi connectivity index (χ0) is 13.0. The molecule has 3 nitrogen and oxygen atoms in total. The number of rotatable bonds is 5. The maximum atomic E-state index is 11.5. The average molecular weight is 236 g/mol. The Morgan fingerprint density at radius 2 is 2.06 bits per heavy atom. The lowest BCUT2D eigenvalue weighted by atomic mass is 10.1. The van der Waals surface area contributed by atoms with E-state index in [1.54, 1.807) is 0 Å². The zero-order valence-electron chi connectivity index (χ0n) is 11.6. The van der Waals surface area contributed by atoms with Crippen LogP contribution in [0.2, 0.25) is 0 Å². The molecule has 0 fully saturated rings. The van der Waals surface area contributed by atoms with Crippen molar-refractivity contribution in [1.82, 2.24) is 9.88 Å². The van der Waals surface area contributed by atoms with E-state index in [0.29, 0.717) is 12.3 Å². The third-order valence-electron chi connectivity index (χ3n) is 3.19. The van der Waals surface area contributed by atoms with Gasteiger partial charge in [-0.15, -0.1) is 0 Å². The van der Waals surface area contributed by atoms with Gasteiger partial charge in [0.2, 0.25) is 5.91 Å². The van der Waals surface area contributed by atoms with Crippen molar-refractivity contribution in [3.63, 3.8) is 0 Å². The van der Waals surface area contributed by atoms with Crippen LogP contribution in [0.15, 0.2) is 6.07 Å². The van der Waals surface area contributed by atoms with Crippen molar-refractivity contribution in [3.05, 3.63) is 23.0 Å². The lowest BCUT2D eigenvalue weighted by molar-refractivity contribution is -0.121. The van der Waals surface area contributed by atoms with E-state index >= 15 is 0 Å². The molecule has 0 bridgehead atoms. The summed E-state index contributed by atoms with van der Waals surface area (Å²) in [7, 11) is 2.07. The smallest absolute Gasteiger partial charge is 0.220 e. The van der Waals surface area contributed by atoms with Crippen molar-refractivity contribution in [2.45, 2.75) is 40.5 Å². The van der Waals surface area contributed by atoms with Crippen LogP contribution in [0.3, 0.4) is 0 Å². The third kappa shape index (κ3) is 3.91. The number of hydrogen-bond donors (Lipinski definition) is 1. The van der Waals surface area contributed by atoms with E-state index in [2.05, 4.69) is 50.7 Å². The first-order valence-corrected chi connectivity index (χ1v) is 6.30. The highest BCUT2D eigenvalue weighted by molar-refractivity contribution is 5.76. The van der Waals surface area contributed by atoms with Crippen LogP contribution in [0.1, 0.15) is 37.2 Å². The Hall–Kier alpha value is -1.25. The van der Waals surface area contributed by atoms with Crippen LogP contribution in [0.4, 0.5) is 0 Å². The van der Waals surface area contributed by atoms with Crippen LogP contribution >= 0.6 is 0 Å². The van der Waals surface area contributed by atoms with Crippen molar-refractivity contribution in [3.8, 4) is 0 Å². The maximum absolute atomic E-state index is 11.5. The molecule has 1 heterocycles. The van der Waals surface area contributed by atoms with Gasteiger partial charge in [-0.3, -0.25) is 4.79 Å². The molecule has 0 unspecified atom stereocenters. The van der Waals surface area contributed by atoms with E-state index in [1.807, 2.05) is 0 Å². The molecule has 0 aromatic carbocycles. The largest absolute Gasteiger partial charge is 0.356 e. The summed E-state index contributed by atoms with van der Waals surface area (Å²) in [6.07, 6.45) is 1.53. The van der Waals surface area contributed by atoms with Crippen LogP contribution in [0.25, 0.3) is 0 Å². The summed E-state index contributed by atoms with van der Waals surface area (Å²) in [6.45, 7) is 9.08. The summed E-state index contributed by atoms with van der Waals surface area (Å²) in [5.41, 5.74) is 3.89. The molecule has 17 heavy (non-hydrogen) atoms. The van der Waals surface area contributed by atoms with Gasteiger partial charge in [-0.2, -0.15) is 0 Å². The summed E-state index contributed by atoms with van der Waals surface area (Å²) >= 11 is 0. The lowest BCUT2D eigenvalue weighted by Gasteiger charge is -2.07. The number of nitrogens with one attached hydrogen (secondary N) is 1. The fraction of sp³-hybridized carbons (Fsp3) is 0.643. The number of hydrogen-bond acceptors (Lipinski definition) is 1. The van der Waals surface area contributed by atoms with Gasteiger partial charge in [0.15, 0.2) is 0 Å². The minimum absolute atomic E-state index is 0.158. The topological polar surface area (TPSA) is 34.0 Å². The Morgan fingerprint density at radius 3 is 2.53 bits per heavy atom. The molecule has 0 radical (unpaired) electrons. The van der Waals surface area contributed by atoms with Crippen LogP contribution < -0.4 is 5.32 Å². The highest BCUT2D eigenvalue weighted by Crippen LogP contribution is 2.13. The molecule has 1 aromatic rings. The van der Waals surface area contributed by atoms with Gasteiger partial charge in [-0.25, -0.2) is 0 Å². The van der Waals surface area contributed by atoms with Crippen molar-refractivity contribution in [2.24, 2.45) is 13.0 Å². The maximum Gasteiger partial charge on any atom is 0.220 e. The number of carbonyl (C=O) groups is 1. The molecule has 1 N–H and O–H groups in total. The molecule has 1 rings (SSSR count). The normalized spacial score (nSPS) is 10.9. The number of aryl methyl sites for hydroxylation is 1. The van der Waals surface area contributed by atoms with Gasteiger partial charge < -0.3 is 9.88 Å². The van der Waals surface area contributed by atoms with Gasteiger partial charge in [0, 0.05) is 31.4 Å². The lowest BCUT2D eigenvalue weighted by Crippen LogP contribution is -2.26. The van der Waals surface area contributed by atoms with Gasteiger partial charge in [0.05, 0.1) is 0 Å². The van der Waals surface area contributed by atoms with Gasteiger partial charge in [0.1, 0.15) is 0 Å². The monoisotopic (exact) mass is 236 g/mol. The molecule has 0 aliphatic carbocycles. The van der Waals surface area contributed by atoms with Gasteiger partial charge >= 0.3 is 0 Å². The number of aromatic nitrogens is 1. The second kappa shape index (κ2) is 5.89. The Balaban J connectivity index is 2.41. The second-order valence-corrected chi connectivity index (χ2v) is 5.15. The van der Waals surface area contributed by atoms with Gasteiger partial charge in [-0.05, 0) is 37.8 Å². The van der Waals surface area contributed by atoms with E-state index < -0.39 is 0 Å². The second-order valence-electron chi connectivity index (χ2n) is 5.15. The van der Waals surface area contributed by atoms with Crippen LogP contribution in [-0.2, 0) is 18.3 Å². The van der Waals surface area contributed by atoms with Gasteiger partial charge in [0.25, 0.3) is 0 Å². The quantitative estimate of drug-likeness (QED) is 0.836. The highest BCUT2D eigenvalue weighted by Gasteiger charge is 2.07. The van der Waals surface area contributed by atoms with Crippen molar-refractivity contribution < 1.29 is 4.79 Å². The molecule has 96 valence electrons. The van der Waals surface area contributed by atoms with E-state index in [1.165, 1.54) is 17.0 Å². The SMILES string of the molecule is Cc1cc(CCNC(=O)CC(C)C)c(C)n1C. The first-order valence-electron chi connectivity index (χ1n) is 6.30. The first-order chi connectivity index (χ1) is 7.91. The van der Waals surface area contributed by atoms with Crippen molar-refractivity contribution >= 4 is 5.91 Å². The summed E-state index contributed by atoms with van der Waals surface area (Å²) < 4.78 is 2.19. The van der Waals surface area contributed by atoms with E-state index in [-0.39, 0.29) is 5.91 Å². The summed E-state index contributed by atoms with van der Waals surface area (Å²) in [6, 6.07) is 2.20. The third-order valence-corrected chi connectivity index (χ3v) is 3.19. The van der Waals surface area contributed by atoms with E-state index in [9.17, 15) is 4.79 Å². The minimum atomic E-state index is 0.158. The predicted octanol–water partition coefficient (Wildman–Crippen LogP) is 2.35. The van der Waals surface area contributed by atoms with Crippen LogP contribution in [0, 0.1) is 19.8 Å². The Kier molecular flexibility index (Phi) is 4.79. The molecule has 3 heteroatoms. The summed E-state index contributed by atoms with van der Waals surface area (Å²) in [5.74, 6) is 0.584. The average Bonchev–Trinajstić information content (AvgIpc) is 2.45. The minimum Gasteiger partial charge on any atom is -0.356 e. The zero-order valence-corrected chi connectivity index (χ0v) is 11.6. The number of carbonyl (C=O) groups excluding carboxylic acids is 1. The Morgan fingerprint density at radius 1 is 1.41 bits per heavy atom. The van der Waals surface area contributed by atoms with E-state index in [4.69, 9.17) is 0 Å². The van der Waals surface area contributed by atoms with Crippen LogP contribution in [0.5, 0.6) is 0 Å². The molecule has 1 aromatic heterocycles. The molecule has 0 saturated heterocycles. The first kappa shape index (κ1) is 13.8. The Labute approximate surface area is 104 Å². The fourth-order valence-electron chi connectivity index (χ4n) is 1.97. The molecule has 1 amide bonds. The summed E-state index contributed by atoms with van der Waals surface area (Å²) in [4.78, 5) is 11.5. The molecule has 0 atom stereocenters. The molecular weight excluding hydrogens is 212 g/mol. The van der Waals surface area contributed by atoms with Gasteiger partial charge in [-0.1, -0.05) is 13.8 Å². The molecular formula is C14H24N2O. The standard InChI is InChI=1S/C14H24N2O/c1-10(2)8-14(17)15-7-6-13-9-11(3)16(5)12(13)4/h9-10H,6-8H2,1-5H3,(H,15,17). The molecule has 0 spiro atoms. The number of amides is 1. The Bertz CT molecular complexity index is 391. The fourth-order valence-corrected chi connectivity index (χ4v) is 1.97. The molecule has 0 aliphatic heterocycles.